The minimum absolute atomic E-state index is 0.592. The van der Waals surface area contributed by atoms with Crippen LogP contribution in [-0.4, -0.2) is 9.97 Å². The van der Waals surface area contributed by atoms with E-state index in [1.165, 1.54) is 17.5 Å². The summed E-state index contributed by atoms with van der Waals surface area (Å²) in [5, 5.41) is 0.592. The van der Waals surface area contributed by atoms with E-state index >= 15 is 0 Å². The van der Waals surface area contributed by atoms with Crippen LogP contribution in [-0.2, 0) is 12.8 Å². The van der Waals surface area contributed by atoms with E-state index in [-0.39, 0.29) is 0 Å². The second-order valence-electron chi connectivity index (χ2n) is 3.65. The molecule has 2 aromatic rings. The number of halogens is 1. The lowest BCUT2D eigenvalue weighted by Crippen LogP contribution is -2.06. The van der Waals surface area contributed by atoms with Gasteiger partial charge in [0, 0.05) is 11.1 Å². The van der Waals surface area contributed by atoms with Gasteiger partial charge < -0.3 is 0 Å². The summed E-state index contributed by atoms with van der Waals surface area (Å²) in [4.78, 5) is 8.35. The molecule has 74 valence electrons. The molecule has 0 N–H and O–H groups in total. The number of aryl methyl sites for hydroxylation is 1. The van der Waals surface area contributed by atoms with Gasteiger partial charge in [0.05, 0.1) is 5.69 Å². The van der Waals surface area contributed by atoms with E-state index in [9.17, 15) is 0 Å². The van der Waals surface area contributed by atoms with Crippen molar-refractivity contribution in [1.82, 2.24) is 9.97 Å². The Morgan fingerprint density at radius 1 is 1.07 bits per heavy atom. The van der Waals surface area contributed by atoms with Gasteiger partial charge in [-0.2, -0.15) is 0 Å². The van der Waals surface area contributed by atoms with E-state index in [4.69, 9.17) is 11.6 Å². The summed E-state index contributed by atoms with van der Waals surface area (Å²) in [6.45, 7) is 0. The summed E-state index contributed by atoms with van der Waals surface area (Å²) in [7, 11) is 0. The first-order valence-corrected chi connectivity index (χ1v) is 5.32. The second-order valence-corrected chi connectivity index (χ2v) is 4.01. The van der Waals surface area contributed by atoms with E-state index in [1.807, 2.05) is 6.07 Å². The average Bonchev–Trinajstić information content (AvgIpc) is 2.29. The minimum Gasteiger partial charge on any atom is -0.236 e. The predicted octanol–water partition coefficient (Wildman–Crippen LogP) is 2.90. The van der Waals surface area contributed by atoms with Crippen molar-refractivity contribution in [3.05, 3.63) is 46.9 Å². The first-order valence-electron chi connectivity index (χ1n) is 4.94. The van der Waals surface area contributed by atoms with Gasteiger partial charge in [-0.3, -0.25) is 0 Å². The highest BCUT2D eigenvalue weighted by atomic mass is 35.5. The maximum absolute atomic E-state index is 6.06. The zero-order valence-corrected chi connectivity index (χ0v) is 8.83. The van der Waals surface area contributed by atoms with Crippen LogP contribution in [0.4, 0.5) is 0 Å². The van der Waals surface area contributed by atoms with Gasteiger partial charge in [-0.15, -0.1) is 0 Å². The first kappa shape index (κ1) is 8.86. The molecule has 15 heavy (non-hydrogen) atoms. The van der Waals surface area contributed by atoms with Crippen molar-refractivity contribution in [2.24, 2.45) is 0 Å². The number of aromatic nitrogens is 2. The number of hydrogen-bond acceptors (Lipinski definition) is 2. The fraction of sp³-hybridized carbons (Fsp3) is 0.167. The third-order valence-corrected chi connectivity index (χ3v) is 3.14. The molecule has 1 aliphatic carbocycles. The highest BCUT2D eigenvalue weighted by Gasteiger charge is 2.19. The van der Waals surface area contributed by atoms with Crippen LogP contribution in [0.2, 0.25) is 5.15 Å². The van der Waals surface area contributed by atoms with E-state index in [2.05, 4.69) is 28.2 Å². The molecule has 0 unspecified atom stereocenters. The molecule has 0 amide bonds. The van der Waals surface area contributed by atoms with E-state index in [1.54, 1.807) is 0 Å². The molecule has 0 fully saturated rings. The Morgan fingerprint density at radius 3 is 2.87 bits per heavy atom. The van der Waals surface area contributed by atoms with E-state index in [0.29, 0.717) is 5.15 Å². The lowest BCUT2D eigenvalue weighted by atomic mass is 9.90. The summed E-state index contributed by atoms with van der Waals surface area (Å²) in [6, 6.07) is 8.33. The molecule has 0 bridgehead atoms. The third-order valence-electron chi connectivity index (χ3n) is 2.81. The van der Waals surface area contributed by atoms with Gasteiger partial charge in [-0.25, -0.2) is 9.97 Å². The zero-order valence-electron chi connectivity index (χ0n) is 8.07. The third kappa shape index (κ3) is 1.33. The molecule has 1 aromatic carbocycles. The molecular formula is C12H9ClN2. The predicted molar refractivity (Wildman–Crippen MR) is 59.9 cm³/mol. The Morgan fingerprint density at radius 2 is 1.93 bits per heavy atom. The Hall–Kier alpha value is -1.41. The first-order chi connectivity index (χ1) is 7.36. The van der Waals surface area contributed by atoms with Crippen molar-refractivity contribution in [1.29, 1.82) is 0 Å². The van der Waals surface area contributed by atoms with Crippen molar-refractivity contribution in [2.75, 3.05) is 0 Å². The number of benzene rings is 1. The fourth-order valence-corrected chi connectivity index (χ4v) is 2.30. The Labute approximate surface area is 93.0 Å². The summed E-state index contributed by atoms with van der Waals surface area (Å²) in [5.74, 6) is 0. The van der Waals surface area contributed by atoms with Gasteiger partial charge in [-0.05, 0) is 18.4 Å². The molecule has 1 aromatic heterocycles. The molecule has 1 heterocycles. The molecule has 2 nitrogen and oxygen atoms in total. The van der Waals surface area contributed by atoms with Crippen LogP contribution in [0, 0.1) is 0 Å². The average molecular weight is 217 g/mol. The summed E-state index contributed by atoms with van der Waals surface area (Å²) in [6.07, 6.45) is 3.49. The maximum atomic E-state index is 6.06. The van der Waals surface area contributed by atoms with Crippen LogP contribution in [0.15, 0.2) is 30.6 Å². The topological polar surface area (TPSA) is 25.8 Å². The molecule has 0 atom stereocenters. The normalized spacial score (nSPS) is 13.1. The largest absolute Gasteiger partial charge is 0.236 e. The molecule has 3 heteroatoms. The summed E-state index contributed by atoms with van der Waals surface area (Å²) < 4.78 is 0. The van der Waals surface area contributed by atoms with Crippen molar-refractivity contribution in [2.45, 2.75) is 12.8 Å². The molecule has 0 saturated heterocycles. The smallest absolute Gasteiger partial charge is 0.136 e. The van der Waals surface area contributed by atoms with Gasteiger partial charge >= 0.3 is 0 Å². The Bertz CT molecular complexity index is 523. The van der Waals surface area contributed by atoms with Crippen LogP contribution in [0.3, 0.4) is 0 Å². The number of fused-ring (bicyclic) bond motifs is 3. The van der Waals surface area contributed by atoms with Gasteiger partial charge in [0.25, 0.3) is 0 Å². The SMILES string of the molecule is Clc1ncnc2c1CCc1ccccc1-2. The monoisotopic (exact) mass is 216 g/mol. The van der Waals surface area contributed by atoms with Gasteiger partial charge in [0.2, 0.25) is 0 Å². The molecule has 1 aliphatic rings. The van der Waals surface area contributed by atoms with Gasteiger partial charge in [0.1, 0.15) is 11.5 Å². The lowest BCUT2D eigenvalue weighted by molar-refractivity contribution is 0.911. The maximum Gasteiger partial charge on any atom is 0.136 e. The van der Waals surface area contributed by atoms with E-state index in [0.717, 1.165) is 24.1 Å². The summed E-state index contributed by atoms with van der Waals surface area (Å²) in [5.41, 5.74) is 4.62. The Balaban J connectivity index is 2.30. The lowest BCUT2D eigenvalue weighted by Gasteiger charge is -2.18. The van der Waals surface area contributed by atoms with Crippen LogP contribution in [0.25, 0.3) is 11.3 Å². The van der Waals surface area contributed by atoms with Crippen molar-refractivity contribution in [3.63, 3.8) is 0 Å². The molecule has 0 saturated carbocycles. The highest BCUT2D eigenvalue weighted by molar-refractivity contribution is 6.30. The van der Waals surface area contributed by atoms with Crippen LogP contribution < -0.4 is 0 Å². The van der Waals surface area contributed by atoms with Gasteiger partial charge in [-0.1, -0.05) is 35.9 Å². The molecule has 0 aliphatic heterocycles. The Kier molecular flexibility index (Phi) is 1.96. The molecule has 0 spiro atoms. The minimum atomic E-state index is 0.592. The van der Waals surface area contributed by atoms with Crippen molar-refractivity contribution in [3.8, 4) is 11.3 Å². The van der Waals surface area contributed by atoms with Crippen molar-refractivity contribution >= 4 is 11.6 Å². The van der Waals surface area contributed by atoms with Crippen LogP contribution in [0.5, 0.6) is 0 Å². The highest BCUT2D eigenvalue weighted by Crippen LogP contribution is 2.33. The summed E-state index contributed by atoms with van der Waals surface area (Å²) >= 11 is 6.06. The van der Waals surface area contributed by atoms with Crippen LogP contribution in [0.1, 0.15) is 11.1 Å². The quantitative estimate of drug-likeness (QED) is 0.633. The zero-order chi connectivity index (χ0) is 10.3. The van der Waals surface area contributed by atoms with Crippen molar-refractivity contribution < 1.29 is 0 Å². The number of nitrogens with zero attached hydrogens (tertiary/aromatic N) is 2. The van der Waals surface area contributed by atoms with Crippen LogP contribution >= 0.6 is 11.6 Å². The van der Waals surface area contributed by atoms with Gasteiger partial charge in [0.15, 0.2) is 0 Å². The standard InChI is InChI=1S/C12H9ClN2/c13-12-10-6-5-8-3-1-2-4-9(8)11(10)14-7-15-12/h1-4,7H,5-6H2. The number of rotatable bonds is 0. The molecular weight excluding hydrogens is 208 g/mol. The molecule has 0 radical (unpaired) electrons. The van der Waals surface area contributed by atoms with E-state index < -0.39 is 0 Å². The fourth-order valence-electron chi connectivity index (χ4n) is 2.07. The number of hydrogen-bond donors (Lipinski definition) is 0. The molecule has 3 rings (SSSR count). The second kappa shape index (κ2) is 3.31.